The van der Waals surface area contributed by atoms with E-state index < -0.39 is 0 Å². The highest BCUT2D eigenvalue weighted by molar-refractivity contribution is 6.32. The topological polar surface area (TPSA) is 53.6 Å². The number of rotatable bonds is 3. The van der Waals surface area contributed by atoms with E-state index in [1.165, 1.54) is 0 Å². The Bertz CT molecular complexity index is 639. The maximum absolute atomic E-state index is 8.84. The first kappa shape index (κ1) is 13.4. The van der Waals surface area contributed by atoms with Crippen LogP contribution in [0.15, 0.2) is 24.4 Å². The number of halogens is 1. The summed E-state index contributed by atoms with van der Waals surface area (Å²) in [4.78, 5) is 0. The van der Waals surface area contributed by atoms with Gasteiger partial charge in [-0.25, -0.2) is 0 Å². The van der Waals surface area contributed by atoms with Crippen molar-refractivity contribution < 1.29 is 0 Å². The molecule has 0 radical (unpaired) electrons. The highest BCUT2D eigenvalue weighted by atomic mass is 35.5. The minimum atomic E-state index is 0.123. The van der Waals surface area contributed by atoms with E-state index in [2.05, 4.69) is 17.3 Å². The molecule has 1 atom stereocenters. The number of anilines is 1. The van der Waals surface area contributed by atoms with Crippen LogP contribution in [0.5, 0.6) is 0 Å². The van der Waals surface area contributed by atoms with Crippen LogP contribution in [0.2, 0.25) is 5.02 Å². The Morgan fingerprint density at radius 3 is 2.74 bits per heavy atom. The van der Waals surface area contributed by atoms with Gasteiger partial charge in [-0.3, -0.25) is 4.68 Å². The average Bonchev–Trinajstić information content (AvgIpc) is 2.69. The molecule has 2 rings (SSSR count). The molecule has 0 saturated carbocycles. The Labute approximate surface area is 117 Å². The number of hydrogen-bond acceptors (Lipinski definition) is 3. The van der Waals surface area contributed by atoms with Crippen molar-refractivity contribution in [2.45, 2.75) is 19.9 Å². The zero-order valence-electron chi connectivity index (χ0n) is 11.1. The summed E-state index contributed by atoms with van der Waals surface area (Å²) in [5.74, 6) is 0. The van der Waals surface area contributed by atoms with Gasteiger partial charge in [0.25, 0.3) is 0 Å². The number of benzene rings is 1. The van der Waals surface area contributed by atoms with Crippen LogP contribution in [-0.4, -0.2) is 9.78 Å². The predicted octanol–water partition coefficient (Wildman–Crippen LogP) is 3.43. The summed E-state index contributed by atoms with van der Waals surface area (Å²) in [5.41, 5.74) is 3.52. The van der Waals surface area contributed by atoms with E-state index in [0.29, 0.717) is 10.6 Å². The Morgan fingerprint density at radius 2 is 2.21 bits per heavy atom. The second kappa shape index (κ2) is 5.33. The summed E-state index contributed by atoms with van der Waals surface area (Å²) in [7, 11) is 1.90. The summed E-state index contributed by atoms with van der Waals surface area (Å²) in [5, 5.41) is 17.0. The molecule has 0 bridgehead atoms. The van der Waals surface area contributed by atoms with Gasteiger partial charge in [-0.15, -0.1) is 0 Å². The van der Waals surface area contributed by atoms with Gasteiger partial charge in [0.1, 0.15) is 6.07 Å². The molecule has 0 aliphatic heterocycles. The maximum Gasteiger partial charge on any atom is 0.101 e. The van der Waals surface area contributed by atoms with Crippen molar-refractivity contribution in [3.63, 3.8) is 0 Å². The molecule has 1 heterocycles. The van der Waals surface area contributed by atoms with E-state index in [-0.39, 0.29) is 6.04 Å². The van der Waals surface area contributed by atoms with Gasteiger partial charge in [-0.05, 0) is 32.0 Å². The average molecular weight is 275 g/mol. The highest BCUT2D eigenvalue weighted by Gasteiger charge is 2.12. The highest BCUT2D eigenvalue weighted by Crippen LogP contribution is 2.25. The van der Waals surface area contributed by atoms with Gasteiger partial charge in [-0.2, -0.15) is 10.4 Å². The van der Waals surface area contributed by atoms with Crippen LogP contribution in [0.25, 0.3) is 0 Å². The standard InChI is InChI=1S/C14H15ClN4/c1-9(13-8-19(3)18-10(13)2)17-12-5-4-11(7-16)14(15)6-12/h4-6,8-9,17H,1-3H3. The monoisotopic (exact) mass is 274 g/mol. The zero-order valence-corrected chi connectivity index (χ0v) is 11.9. The fraction of sp³-hybridized carbons (Fsp3) is 0.286. The number of nitrogens with zero attached hydrogens (tertiary/aromatic N) is 3. The van der Waals surface area contributed by atoms with Crippen LogP contribution in [-0.2, 0) is 7.05 Å². The van der Waals surface area contributed by atoms with Crippen molar-refractivity contribution in [2.24, 2.45) is 7.05 Å². The van der Waals surface area contributed by atoms with Crippen LogP contribution in [0, 0.1) is 18.3 Å². The lowest BCUT2D eigenvalue weighted by Crippen LogP contribution is -2.07. The second-order valence-electron chi connectivity index (χ2n) is 4.52. The number of nitriles is 1. The lowest BCUT2D eigenvalue weighted by Gasteiger charge is -2.15. The van der Waals surface area contributed by atoms with E-state index in [4.69, 9.17) is 16.9 Å². The molecule has 1 N–H and O–H groups in total. The van der Waals surface area contributed by atoms with Crippen molar-refractivity contribution in [1.82, 2.24) is 9.78 Å². The van der Waals surface area contributed by atoms with E-state index in [1.54, 1.807) is 16.8 Å². The van der Waals surface area contributed by atoms with Gasteiger partial charge < -0.3 is 5.32 Å². The Balaban J connectivity index is 2.20. The molecule has 5 heteroatoms. The summed E-state index contributed by atoms with van der Waals surface area (Å²) < 4.78 is 1.80. The van der Waals surface area contributed by atoms with Gasteiger partial charge >= 0.3 is 0 Å². The molecule has 19 heavy (non-hydrogen) atoms. The van der Waals surface area contributed by atoms with Crippen LogP contribution in [0.1, 0.15) is 29.8 Å². The third kappa shape index (κ3) is 2.88. The number of aromatic nitrogens is 2. The van der Waals surface area contributed by atoms with Gasteiger partial charge in [0.15, 0.2) is 0 Å². The van der Waals surface area contributed by atoms with Gasteiger partial charge in [0.05, 0.1) is 22.3 Å². The van der Waals surface area contributed by atoms with Crippen LogP contribution in [0.3, 0.4) is 0 Å². The third-order valence-electron chi connectivity index (χ3n) is 2.99. The summed E-state index contributed by atoms with van der Waals surface area (Å²) in [6, 6.07) is 7.51. The van der Waals surface area contributed by atoms with Gasteiger partial charge in [0, 0.05) is 24.5 Å². The van der Waals surface area contributed by atoms with Crippen LogP contribution >= 0.6 is 11.6 Å². The second-order valence-corrected chi connectivity index (χ2v) is 4.92. The van der Waals surface area contributed by atoms with Crippen molar-refractivity contribution in [2.75, 3.05) is 5.32 Å². The van der Waals surface area contributed by atoms with Crippen LogP contribution in [0.4, 0.5) is 5.69 Å². The number of nitrogens with one attached hydrogen (secondary N) is 1. The molecule has 4 nitrogen and oxygen atoms in total. The quantitative estimate of drug-likeness (QED) is 0.933. The minimum Gasteiger partial charge on any atom is -0.378 e. The molecule has 98 valence electrons. The lowest BCUT2D eigenvalue weighted by atomic mass is 10.1. The first-order chi connectivity index (χ1) is 9.01. The zero-order chi connectivity index (χ0) is 14.0. The SMILES string of the molecule is Cc1nn(C)cc1C(C)Nc1ccc(C#N)c(Cl)c1. The fourth-order valence-corrected chi connectivity index (χ4v) is 2.29. The molecule has 0 spiro atoms. The van der Waals surface area contributed by atoms with E-state index in [0.717, 1.165) is 16.9 Å². The molecule has 2 aromatic rings. The maximum atomic E-state index is 8.84. The van der Waals surface area contributed by atoms with Crippen LogP contribution < -0.4 is 5.32 Å². The molecule has 1 unspecified atom stereocenters. The van der Waals surface area contributed by atoms with Gasteiger partial charge in [-0.1, -0.05) is 11.6 Å². The number of hydrogen-bond donors (Lipinski definition) is 1. The van der Waals surface area contributed by atoms with Crippen molar-refractivity contribution in [3.05, 3.63) is 46.2 Å². The fourth-order valence-electron chi connectivity index (χ4n) is 2.07. The molecule has 0 fully saturated rings. The summed E-state index contributed by atoms with van der Waals surface area (Å²) in [6.07, 6.45) is 2.00. The van der Waals surface area contributed by atoms with E-state index in [1.807, 2.05) is 32.3 Å². The largest absolute Gasteiger partial charge is 0.378 e. The van der Waals surface area contributed by atoms with Gasteiger partial charge in [0.2, 0.25) is 0 Å². The molecule has 0 aliphatic carbocycles. The smallest absolute Gasteiger partial charge is 0.101 e. The molecule has 0 amide bonds. The first-order valence-electron chi connectivity index (χ1n) is 5.97. The summed E-state index contributed by atoms with van der Waals surface area (Å²) in [6.45, 7) is 4.05. The van der Waals surface area contributed by atoms with Crippen molar-refractivity contribution >= 4 is 17.3 Å². The van der Waals surface area contributed by atoms with Crippen molar-refractivity contribution in [1.29, 1.82) is 5.26 Å². The molecule has 1 aromatic heterocycles. The third-order valence-corrected chi connectivity index (χ3v) is 3.30. The Morgan fingerprint density at radius 1 is 1.47 bits per heavy atom. The number of aryl methyl sites for hydroxylation is 2. The predicted molar refractivity (Wildman–Crippen MR) is 76.1 cm³/mol. The molecule has 0 aliphatic rings. The molecular formula is C14H15ClN4. The Kier molecular flexibility index (Phi) is 3.77. The molecule has 1 aromatic carbocycles. The lowest BCUT2D eigenvalue weighted by molar-refractivity contribution is 0.756. The molecular weight excluding hydrogens is 260 g/mol. The minimum absolute atomic E-state index is 0.123. The molecule has 0 saturated heterocycles. The van der Waals surface area contributed by atoms with E-state index >= 15 is 0 Å². The van der Waals surface area contributed by atoms with E-state index in [9.17, 15) is 0 Å². The summed E-state index contributed by atoms with van der Waals surface area (Å²) >= 11 is 6.02. The Hall–Kier alpha value is -1.99. The first-order valence-corrected chi connectivity index (χ1v) is 6.35. The normalized spacial score (nSPS) is 11.9. The van der Waals surface area contributed by atoms with Crippen molar-refractivity contribution in [3.8, 4) is 6.07 Å².